The van der Waals surface area contributed by atoms with Crippen LogP contribution in [0.5, 0.6) is 0 Å². The lowest BCUT2D eigenvalue weighted by Gasteiger charge is -2.08. The lowest BCUT2D eigenvalue weighted by Crippen LogP contribution is -2.35. The standard InChI is InChI=1S/C4H6F2N2O3/c5-8(6)2(4(10)11)1-3(7)9/h2H,1H2,(H2,7,9)(H,10,11). The number of primary amides is 1. The van der Waals surface area contributed by atoms with E-state index >= 15 is 0 Å². The molecule has 0 aliphatic carbocycles. The summed E-state index contributed by atoms with van der Waals surface area (Å²) in [6.07, 6.45) is -0.900. The maximum atomic E-state index is 11.6. The van der Waals surface area contributed by atoms with Gasteiger partial charge < -0.3 is 10.8 Å². The molecule has 3 N–H and O–H groups in total. The Hall–Kier alpha value is -1.24. The highest BCUT2D eigenvalue weighted by Gasteiger charge is 2.28. The molecule has 7 heteroatoms. The highest BCUT2D eigenvalue weighted by Crippen LogP contribution is 2.04. The summed E-state index contributed by atoms with van der Waals surface area (Å²) in [5.74, 6) is -2.87. The van der Waals surface area contributed by atoms with Gasteiger partial charge in [0, 0.05) is 5.34 Å². The van der Waals surface area contributed by atoms with Crippen LogP contribution in [0.2, 0.25) is 0 Å². The van der Waals surface area contributed by atoms with E-state index in [4.69, 9.17) is 5.11 Å². The zero-order valence-corrected chi connectivity index (χ0v) is 5.33. The number of hydrogen-bond acceptors (Lipinski definition) is 3. The van der Waals surface area contributed by atoms with Crippen LogP contribution in [-0.2, 0) is 9.59 Å². The van der Waals surface area contributed by atoms with Crippen molar-refractivity contribution in [3.8, 4) is 0 Å². The first-order valence-corrected chi connectivity index (χ1v) is 2.57. The summed E-state index contributed by atoms with van der Waals surface area (Å²) in [6, 6.07) is -2.15. The molecule has 0 heterocycles. The zero-order valence-electron chi connectivity index (χ0n) is 5.33. The summed E-state index contributed by atoms with van der Waals surface area (Å²) in [5.41, 5.74) is 4.51. The summed E-state index contributed by atoms with van der Waals surface area (Å²) in [4.78, 5) is 20.0. The van der Waals surface area contributed by atoms with E-state index in [1.807, 2.05) is 0 Å². The number of rotatable bonds is 4. The Labute approximate surface area is 60.3 Å². The topological polar surface area (TPSA) is 83.6 Å². The highest BCUT2D eigenvalue weighted by atomic mass is 19.4. The van der Waals surface area contributed by atoms with Crippen molar-refractivity contribution >= 4 is 11.9 Å². The number of carboxylic acid groups (broad SMARTS) is 1. The molecule has 0 saturated carbocycles. The van der Waals surface area contributed by atoms with Crippen LogP contribution in [0.25, 0.3) is 0 Å². The molecule has 5 nitrogen and oxygen atoms in total. The predicted molar refractivity (Wildman–Crippen MR) is 29.3 cm³/mol. The Kier molecular flexibility index (Phi) is 3.38. The van der Waals surface area contributed by atoms with Gasteiger partial charge in [0.2, 0.25) is 5.91 Å². The fraction of sp³-hybridized carbons (Fsp3) is 0.500. The lowest BCUT2D eigenvalue weighted by atomic mass is 10.2. The Bertz CT molecular complexity index is 173. The molecule has 0 aliphatic rings. The van der Waals surface area contributed by atoms with Gasteiger partial charge in [0.15, 0.2) is 6.04 Å². The number of halogens is 2. The van der Waals surface area contributed by atoms with Gasteiger partial charge >= 0.3 is 5.97 Å². The number of carbonyl (C=O) groups excluding carboxylic acids is 1. The molecule has 0 aromatic heterocycles. The third-order valence-electron chi connectivity index (χ3n) is 0.915. The molecule has 1 amide bonds. The first kappa shape index (κ1) is 9.76. The smallest absolute Gasteiger partial charge is 0.327 e. The summed E-state index contributed by atoms with van der Waals surface area (Å²) in [6.45, 7) is 0. The summed E-state index contributed by atoms with van der Waals surface area (Å²) in [7, 11) is 0. The van der Waals surface area contributed by atoms with Crippen LogP contribution >= 0.6 is 0 Å². The normalized spacial score (nSPS) is 13.0. The quantitative estimate of drug-likeness (QED) is 0.548. The number of hydrogen-bond donors (Lipinski definition) is 2. The first-order valence-electron chi connectivity index (χ1n) is 2.57. The van der Waals surface area contributed by atoms with Crippen molar-refractivity contribution in [2.75, 3.05) is 0 Å². The van der Waals surface area contributed by atoms with Gasteiger partial charge in [-0.15, -0.1) is 8.96 Å². The fourth-order valence-electron chi connectivity index (χ4n) is 0.430. The van der Waals surface area contributed by atoms with Crippen molar-refractivity contribution in [3.05, 3.63) is 0 Å². The molecule has 64 valence electrons. The first-order chi connectivity index (χ1) is 4.95. The molecule has 0 radical (unpaired) electrons. The van der Waals surface area contributed by atoms with E-state index in [2.05, 4.69) is 5.73 Å². The number of nitrogens with zero attached hydrogens (tertiary/aromatic N) is 1. The molecule has 0 aliphatic heterocycles. The van der Waals surface area contributed by atoms with Crippen LogP contribution in [0, 0.1) is 0 Å². The van der Waals surface area contributed by atoms with Crippen LogP contribution in [0.1, 0.15) is 6.42 Å². The van der Waals surface area contributed by atoms with E-state index in [1.54, 1.807) is 0 Å². The predicted octanol–water partition coefficient (Wildman–Crippen LogP) is -0.614. The van der Waals surface area contributed by atoms with Crippen molar-refractivity contribution in [1.82, 2.24) is 5.34 Å². The summed E-state index contributed by atoms with van der Waals surface area (Å²) >= 11 is 0. The Balaban J connectivity index is 4.12. The van der Waals surface area contributed by atoms with Crippen LogP contribution in [0.4, 0.5) is 8.96 Å². The number of carboxylic acids is 1. The van der Waals surface area contributed by atoms with Crippen molar-refractivity contribution < 1.29 is 23.7 Å². The second-order valence-electron chi connectivity index (χ2n) is 1.78. The minimum atomic E-state index is -2.15. The van der Waals surface area contributed by atoms with E-state index in [0.29, 0.717) is 0 Å². The fourth-order valence-corrected chi connectivity index (χ4v) is 0.430. The zero-order chi connectivity index (χ0) is 9.02. The van der Waals surface area contributed by atoms with Gasteiger partial charge in [0.1, 0.15) is 0 Å². The van der Waals surface area contributed by atoms with Crippen LogP contribution < -0.4 is 5.73 Å². The van der Waals surface area contributed by atoms with Gasteiger partial charge in [-0.25, -0.2) is 0 Å². The Morgan fingerprint density at radius 2 is 2.00 bits per heavy atom. The van der Waals surface area contributed by atoms with Gasteiger partial charge in [-0.1, -0.05) is 0 Å². The third-order valence-corrected chi connectivity index (χ3v) is 0.915. The monoisotopic (exact) mass is 168 g/mol. The van der Waals surface area contributed by atoms with E-state index < -0.39 is 29.7 Å². The molecular formula is C4H6F2N2O3. The molecule has 1 unspecified atom stereocenters. The van der Waals surface area contributed by atoms with Crippen molar-refractivity contribution in [2.45, 2.75) is 12.5 Å². The molecule has 0 aromatic carbocycles. The Morgan fingerprint density at radius 3 is 2.09 bits per heavy atom. The molecule has 0 aromatic rings. The van der Waals surface area contributed by atoms with E-state index in [-0.39, 0.29) is 0 Å². The molecule has 11 heavy (non-hydrogen) atoms. The molecule has 0 spiro atoms. The van der Waals surface area contributed by atoms with Gasteiger partial charge in [0.05, 0.1) is 6.42 Å². The minimum Gasteiger partial charge on any atom is -0.480 e. The van der Waals surface area contributed by atoms with Crippen molar-refractivity contribution in [3.63, 3.8) is 0 Å². The second kappa shape index (κ2) is 3.81. The number of nitrogens with two attached hydrogens (primary N) is 1. The molecular weight excluding hydrogens is 162 g/mol. The van der Waals surface area contributed by atoms with E-state index in [1.165, 1.54) is 0 Å². The van der Waals surface area contributed by atoms with E-state index in [0.717, 1.165) is 0 Å². The molecule has 0 saturated heterocycles. The largest absolute Gasteiger partial charge is 0.480 e. The maximum absolute atomic E-state index is 11.6. The maximum Gasteiger partial charge on any atom is 0.327 e. The molecule has 1 atom stereocenters. The second-order valence-corrected chi connectivity index (χ2v) is 1.78. The number of amides is 1. The summed E-state index contributed by atoms with van der Waals surface area (Å²) in [5, 5.41) is 6.50. The van der Waals surface area contributed by atoms with Gasteiger partial charge in [-0.05, 0) is 0 Å². The molecule has 0 bridgehead atoms. The molecule has 0 fully saturated rings. The van der Waals surface area contributed by atoms with Crippen LogP contribution in [-0.4, -0.2) is 28.4 Å². The van der Waals surface area contributed by atoms with Crippen LogP contribution in [0.3, 0.4) is 0 Å². The van der Waals surface area contributed by atoms with Crippen molar-refractivity contribution in [2.24, 2.45) is 5.73 Å². The SMILES string of the molecule is NC(=O)CC(C(=O)O)N(F)F. The third kappa shape index (κ3) is 3.46. The van der Waals surface area contributed by atoms with E-state index in [9.17, 15) is 18.6 Å². The highest BCUT2D eigenvalue weighted by molar-refractivity contribution is 5.83. The lowest BCUT2D eigenvalue weighted by molar-refractivity contribution is -0.202. The Morgan fingerprint density at radius 1 is 1.55 bits per heavy atom. The average Bonchev–Trinajstić information content (AvgIpc) is 1.81. The van der Waals surface area contributed by atoms with Crippen molar-refractivity contribution in [1.29, 1.82) is 0 Å². The average molecular weight is 168 g/mol. The molecule has 0 rings (SSSR count). The number of carbonyl (C=O) groups is 2. The van der Waals surface area contributed by atoms with Gasteiger partial charge in [-0.3, -0.25) is 9.59 Å². The van der Waals surface area contributed by atoms with Crippen LogP contribution in [0.15, 0.2) is 0 Å². The number of aliphatic carboxylic acids is 1. The van der Waals surface area contributed by atoms with Gasteiger partial charge in [-0.2, -0.15) is 0 Å². The summed E-state index contributed by atoms with van der Waals surface area (Å²) < 4.78 is 23.1. The van der Waals surface area contributed by atoms with Gasteiger partial charge in [0.25, 0.3) is 0 Å². The minimum absolute atomic E-state index is 0.900.